The quantitative estimate of drug-likeness (QED) is 0.614. The Balaban J connectivity index is 0.00000205. The Morgan fingerprint density at radius 1 is 1.14 bits per heavy atom. The van der Waals surface area contributed by atoms with Crippen LogP contribution in [-0.2, 0) is 10.0 Å². The Kier molecular flexibility index (Phi) is 5.61. The summed E-state index contributed by atoms with van der Waals surface area (Å²) < 4.78 is 27.9. The number of nitrogens with zero attached hydrogens (tertiary/aromatic N) is 2. The molecule has 0 unspecified atom stereocenters. The lowest BCUT2D eigenvalue weighted by Gasteiger charge is -2.11. The average Bonchev–Trinajstić information content (AvgIpc) is 3.49. The van der Waals surface area contributed by atoms with Gasteiger partial charge in [-0.15, -0.1) is 23.7 Å². The summed E-state index contributed by atoms with van der Waals surface area (Å²) in [7, 11) is -3.25. The first-order valence-corrected chi connectivity index (χ1v) is 11.7. The SMILES string of the molecule is Cl.O=S(=O)(Nc1ccc(-c2ncnc3cc(C4=CCNCC4)sc23)cc1)C1CC1. The van der Waals surface area contributed by atoms with E-state index in [1.807, 2.05) is 12.1 Å². The molecule has 0 amide bonds. The van der Waals surface area contributed by atoms with Gasteiger partial charge in [-0.2, -0.15) is 0 Å². The highest BCUT2D eigenvalue weighted by Gasteiger charge is 2.35. The third-order valence-electron chi connectivity index (χ3n) is 5.07. The zero-order valence-electron chi connectivity index (χ0n) is 15.6. The number of thiophene rings is 1. The third kappa shape index (κ3) is 4.16. The first kappa shape index (κ1) is 20.3. The summed E-state index contributed by atoms with van der Waals surface area (Å²) >= 11 is 1.72. The highest BCUT2D eigenvalue weighted by Crippen LogP contribution is 2.37. The summed E-state index contributed by atoms with van der Waals surface area (Å²) in [4.78, 5) is 10.2. The van der Waals surface area contributed by atoms with Crippen molar-refractivity contribution in [3.05, 3.63) is 47.6 Å². The minimum absolute atomic E-state index is 0. The summed E-state index contributed by atoms with van der Waals surface area (Å²) in [5.41, 5.74) is 4.73. The number of anilines is 1. The van der Waals surface area contributed by atoms with E-state index in [-0.39, 0.29) is 17.7 Å². The zero-order valence-corrected chi connectivity index (χ0v) is 18.0. The smallest absolute Gasteiger partial charge is 0.235 e. The average molecular weight is 449 g/mol. The zero-order chi connectivity index (χ0) is 19.1. The fourth-order valence-electron chi connectivity index (χ4n) is 3.39. The van der Waals surface area contributed by atoms with Gasteiger partial charge in [0.25, 0.3) is 0 Å². The molecule has 0 atom stereocenters. The van der Waals surface area contributed by atoms with E-state index in [4.69, 9.17) is 0 Å². The fourth-order valence-corrected chi connectivity index (χ4v) is 5.97. The van der Waals surface area contributed by atoms with E-state index in [0.29, 0.717) is 5.69 Å². The largest absolute Gasteiger partial charge is 0.313 e. The summed E-state index contributed by atoms with van der Waals surface area (Å²) in [5, 5.41) is 3.11. The lowest BCUT2D eigenvalue weighted by Crippen LogP contribution is -2.19. The molecule has 3 aromatic rings. The van der Waals surface area contributed by atoms with Crippen molar-refractivity contribution in [2.45, 2.75) is 24.5 Å². The summed E-state index contributed by atoms with van der Waals surface area (Å²) in [6, 6.07) is 9.56. The number of nitrogens with one attached hydrogen (secondary N) is 2. The van der Waals surface area contributed by atoms with Crippen LogP contribution < -0.4 is 10.0 Å². The van der Waals surface area contributed by atoms with Crippen molar-refractivity contribution >= 4 is 55.2 Å². The van der Waals surface area contributed by atoms with Crippen LogP contribution in [0.1, 0.15) is 24.1 Å². The molecule has 29 heavy (non-hydrogen) atoms. The number of fused-ring (bicyclic) bond motifs is 1. The second kappa shape index (κ2) is 8.02. The van der Waals surface area contributed by atoms with Crippen molar-refractivity contribution in [1.82, 2.24) is 15.3 Å². The van der Waals surface area contributed by atoms with Crippen molar-refractivity contribution < 1.29 is 8.42 Å². The molecule has 1 saturated carbocycles. The van der Waals surface area contributed by atoms with Crippen LogP contribution in [-0.4, -0.2) is 36.7 Å². The maximum Gasteiger partial charge on any atom is 0.235 e. The Hall–Kier alpha value is -2.00. The number of hydrogen-bond acceptors (Lipinski definition) is 6. The maximum absolute atomic E-state index is 12.1. The standard InChI is InChI=1S/C20H20N4O2S2.ClH/c25-28(26,16-5-6-16)24-15-3-1-14(2-4-15)19-20-17(22-12-23-19)11-18(27-20)13-7-9-21-10-8-13;/h1-4,7,11-12,16,21,24H,5-6,8-10H2;1H. The van der Waals surface area contributed by atoms with Crippen LogP contribution in [0.2, 0.25) is 0 Å². The van der Waals surface area contributed by atoms with Gasteiger partial charge in [-0.25, -0.2) is 18.4 Å². The molecule has 9 heteroatoms. The van der Waals surface area contributed by atoms with Gasteiger partial charge >= 0.3 is 0 Å². The molecular weight excluding hydrogens is 428 g/mol. The van der Waals surface area contributed by atoms with E-state index in [9.17, 15) is 8.42 Å². The highest BCUT2D eigenvalue weighted by atomic mass is 35.5. The molecule has 2 N–H and O–H groups in total. The van der Waals surface area contributed by atoms with Gasteiger partial charge < -0.3 is 5.32 Å². The topological polar surface area (TPSA) is 84.0 Å². The Morgan fingerprint density at radius 3 is 2.62 bits per heavy atom. The van der Waals surface area contributed by atoms with Crippen molar-refractivity contribution in [2.24, 2.45) is 0 Å². The fraction of sp³-hybridized carbons (Fsp3) is 0.300. The van der Waals surface area contributed by atoms with Crippen LogP contribution in [0.3, 0.4) is 0 Å². The monoisotopic (exact) mass is 448 g/mol. The van der Waals surface area contributed by atoms with Crippen LogP contribution in [0.5, 0.6) is 0 Å². The lowest BCUT2D eigenvalue weighted by molar-refractivity contribution is 0.600. The number of benzene rings is 1. The Morgan fingerprint density at radius 2 is 1.93 bits per heavy atom. The van der Waals surface area contributed by atoms with E-state index in [0.717, 1.165) is 53.8 Å². The van der Waals surface area contributed by atoms with Gasteiger partial charge in [0.1, 0.15) is 6.33 Å². The summed E-state index contributed by atoms with van der Waals surface area (Å²) in [6.07, 6.45) is 6.35. The van der Waals surface area contributed by atoms with Crippen LogP contribution in [0.15, 0.2) is 42.7 Å². The normalized spacial score (nSPS) is 16.9. The molecule has 5 rings (SSSR count). The summed E-state index contributed by atoms with van der Waals surface area (Å²) in [5.74, 6) is 0. The molecule has 152 valence electrons. The molecular formula is C20H21ClN4O2S2. The van der Waals surface area contributed by atoms with Crippen molar-refractivity contribution in [3.8, 4) is 11.3 Å². The number of aromatic nitrogens is 2. The highest BCUT2D eigenvalue weighted by molar-refractivity contribution is 7.93. The molecule has 2 aromatic heterocycles. The number of halogens is 1. The predicted molar refractivity (Wildman–Crippen MR) is 121 cm³/mol. The van der Waals surface area contributed by atoms with E-state index >= 15 is 0 Å². The molecule has 1 aliphatic heterocycles. The molecule has 0 radical (unpaired) electrons. The van der Waals surface area contributed by atoms with Gasteiger partial charge in [0.05, 0.1) is 21.2 Å². The molecule has 6 nitrogen and oxygen atoms in total. The molecule has 1 aromatic carbocycles. The maximum atomic E-state index is 12.1. The first-order valence-electron chi connectivity index (χ1n) is 9.37. The van der Waals surface area contributed by atoms with Crippen molar-refractivity contribution in [1.29, 1.82) is 0 Å². The lowest BCUT2D eigenvalue weighted by atomic mass is 10.1. The second-order valence-corrected chi connectivity index (χ2v) is 10.2. The summed E-state index contributed by atoms with van der Waals surface area (Å²) in [6.45, 7) is 1.90. The van der Waals surface area contributed by atoms with Gasteiger partial charge in [-0.3, -0.25) is 4.72 Å². The van der Waals surface area contributed by atoms with Crippen LogP contribution in [0.4, 0.5) is 5.69 Å². The molecule has 1 fully saturated rings. The number of hydrogen-bond donors (Lipinski definition) is 2. The third-order valence-corrected chi connectivity index (χ3v) is 8.15. The number of sulfonamides is 1. The van der Waals surface area contributed by atoms with E-state index < -0.39 is 10.0 Å². The Labute approximate surface area is 179 Å². The molecule has 0 bridgehead atoms. The molecule has 0 saturated heterocycles. The van der Waals surface area contributed by atoms with Crippen LogP contribution in [0.25, 0.3) is 27.0 Å². The Bertz CT molecular complexity index is 1170. The van der Waals surface area contributed by atoms with Crippen molar-refractivity contribution in [3.63, 3.8) is 0 Å². The van der Waals surface area contributed by atoms with E-state index in [1.54, 1.807) is 29.8 Å². The van der Waals surface area contributed by atoms with Gasteiger partial charge in [-0.05, 0) is 49.6 Å². The van der Waals surface area contributed by atoms with E-state index in [2.05, 4.69) is 32.1 Å². The molecule has 0 spiro atoms. The van der Waals surface area contributed by atoms with Crippen molar-refractivity contribution in [2.75, 3.05) is 17.8 Å². The molecule has 2 aliphatic rings. The minimum atomic E-state index is -3.25. The van der Waals surface area contributed by atoms with Gasteiger partial charge in [0.15, 0.2) is 0 Å². The van der Waals surface area contributed by atoms with Gasteiger partial charge in [0.2, 0.25) is 10.0 Å². The van der Waals surface area contributed by atoms with Gasteiger partial charge in [-0.1, -0.05) is 18.2 Å². The van der Waals surface area contributed by atoms with Gasteiger partial charge in [0, 0.05) is 22.7 Å². The minimum Gasteiger partial charge on any atom is -0.313 e. The second-order valence-electron chi connectivity index (χ2n) is 7.15. The number of rotatable bonds is 5. The van der Waals surface area contributed by atoms with Crippen LogP contribution >= 0.6 is 23.7 Å². The predicted octanol–water partition coefficient (Wildman–Crippen LogP) is 4.06. The van der Waals surface area contributed by atoms with Crippen LogP contribution in [0, 0.1) is 0 Å². The molecule has 3 heterocycles. The molecule has 1 aliphatic carbocycles. The first-order chi connectivity index (χ1) is 13.6. The van der Waals surface area contributed by atoms with E-state index in [1.165, 1.54) is 10.5 Å².